The topological polar surface area (TPSA) is 65.4 Å². The smallest absolute Gasteiger partial charge is 0.303 e. The number of thiophene rings is 2. The summed E-state index contributed by atoms with van der Waals surface area (Å²) in [7, 11) is -3.98. The van der Waals surface area contributed by atoms with E-state index in [9.17, 15) is 13.2 Å². The van der Waals surface area contributed by atoms with Gasteiger partial charge in [0.1, 0.15) is 6.61 Å². The number of rotatable bonds is 7. The summed E-state index contributed by atoms with van der Waals surface area (Å²) in [5.74, 6) is -0.671. The van der Waals surface area contributed by atoms with E-state index >= 15 is 0 Å². The SMILES string of the molecule is CC(=O)OCc1c(C(c2ccc(C)s2)c2ccc(C)s2)c2ccccc2n1S(=O)(=O)c1ccccc1. The summed E-state index contributed by atoms with van der Waals surface area (Å²) in [6.45, 7) is 5.30. The molecule has 184 valence electrons. The van der Waals surface area contributed by atoms with Crippen LogP contribution < -0.4 is 0 Å². The van der Waals surface area contributed by atoms with E-state index in [0.717, 1.165) is 20.7 Å². The molecule has 8 heteroatoms. The minimum Gasteiger partial charge on any atom is -0.459 e. The minimum atomic E-state index is -3.98. The Hall–Kier alpha value is -3.20. The Morgan fingerprint density at radius 2 is 1.44 bits per heavy atom. The van der Waals surface area contributed by atoms with Gasteiger partial charge in [0.15, 0.2) is 0 Å². The molecular formula is C28H25NO4S3. The first-order chi connectivity index (χ1) is 17.3. The van der Waals surface area contributed by atoms with Gasteiger partial charge in [-0.2, -0.15) is 0 Å². The summed E-state index contributed by atoms with van der Waals surface area (Å²) in [5.41, 5.74) is 1.86. The summed E-state index contributed by atoms with van der Waals surface area (Å²) >= 11 is 3.38. The van der Waals surface area contributed by atoms with Crippen molar-refractivity contribution in [1.29, 1.82) is 0 Å². The Morgan fingerprint density at radius 1 is 0.861 bits per heavy atom. The third-order valence-corrected chi connectivity index (χ3v) is 9.94. The molecule has 0 aliphatic rings. The lowest BCUT2D eigenvalue weighted by molar-refractivity contribution is -0.142. The molecule has 0 aliphatic carbocycles. The second-order valence-electron chi connectivity index (χ2n) is 8.57. The molecule has 36 heavy (non-hydrogen) atoms. The Bertz CT molecular complexity index is 1620. The van der Waals surface area contributed by atoms with Gasteiger partial charge in [0.05, 0.1) is 22.0 Å². The lowest BCUT2D eigenvalue weighted by Crippen LogP contribution is -2.18. The molecule has 0 bridgehead atoms. The Balaban J connectivity index is 1.88. The normalized spacial score (nSPS) is 11.9. The van der Waals surface area contributed by atoms with Crippen LogP contribution in [0.5, 0.6) is 0 Å². The van der Waals surface area contributed by atoms with Gasteiger partial charge in [-0.1, -0.05) is 36.4 Å². The van der Waals surface area contributed by atoms with E-state index in [1.54, 1.807) is 53.0 Å². The van der Waals surface area contributed by atoms with Crippen LogP contribution >= 0.6 is 22.7 Å². The summed E-state index contributed by atoms with van der Waals surface area (Å²) in [4.78, 5) is 16.7. The maximum atomic E-state index is 14.1. The molecule has 0 saturated heterocycles. The van der Waals surface area contributed by atoms with Gasteiger partial charge in [-0.25, -0.2) is 12.4 Å². The van der Waals surface area contributed by atoms with Crippen LogP contribution in [0.2, 0.25) is 0 Å². The van der Waals surface area contributed by atoms with Gasteiger partial charge in [0.2, 0.25) is 0 Å². The molecule has 5 rings (SSSR count). The van der Waals surface area contributed by atoms with E-state index in [1.807, 2.05) is 24.3 Å². The van der Waals surface area contributed by atoms with Crippen molar-refractivity contribution in [3.05, 3.63) is 110 Å². The van der Waals surface area contributed by atoms with Crippen molar-refractivity contribution in [2.24, 2.45) is 0 Å². The van der Waals surface area contributed by atoms with Crippen LogP contribution in [0, 0.1) is 13.8 Å². The molecular weight excluding hydrogens is 511 g/mol. The first-order valence-corrected chi connectivity index (χ1v) is 14.5. The van der Waals surface area contributed by atoms with Gasteiger partial charge in [-0.15, -0.1) is 22.7 Å². The van der Waals surface area contributed by atoms with Gasteiger partial charge in [0.25, 0.3) is 10.0 Å². The molecule has 3 aromatic heterocycles. The molecule has 0 aliphatic heterocycles. The minimum absolute atomic E-state index is 0.156. The summed E-state index contributed by atoms with van der Waals surface area (Å²) in [6, 6.07) is 24.2. The number of hydrogen-bond acceptors (Lipinski definition) is 6. The Labute approximate surface area is 218 Å². The van der Waals surface area contributed by atoms with Crippen molar-refractivity contribution in [3.63, 3.8) is 0 Å². The molecule has 0 spiro atoms. The van der Waals surface area contributed by atoms with E-state index in [1.165, 1.54) is 20.7 Å². The van der Waals surface area contributed by atoms with Crippen LogP contribution in [-0.2, 0) is 26.2 Å². The molecule has 0 saturated carbocycles. The number of benzene rings is 2. The number of carbonyl (C=O) groups excluding carboxylic acids is 1. The lowest BCUT2D eigenvalue weighted by atomic mass is 9.93. The highest BCUT2D eigenvalue weighted by Gasteiger charge is 2.33. The van der Waals surface area contributed by atoms with Crippen LogP contribution in [0.15, 0.2) is 83.8 Å². The van der Waals surface area contributed by atoms with Gasteiger partial charge >= 0.3 is 5.97 Å². The maximum absolute atomic E-state index is 14.1. The van der Waals surface area contributed by atoms with Crippen LogP contribution in [0.25, 0.3) is 10.9 Å². The van der Waals surface area contributed by atoms with Gasteiger partial charge in [-0.05, 0) is 61.9 Å². The number of esters is 1. The zero-order valence-electron chi connectivity index (χ0n) is 20.1. The number of aromatic nitrogens is 1. The van der Waals surface area contributed by atoms with Crippen LogP contribution in [0.3, 0.4) is 0 Å². The molecule has 0 radical (unpaired) electrons. The number of carbonyl (C=O) groups is 1. The second-order valence-corrected chi connectivity index (χ2v) is 13.0. The van der Waals surface area contributed by atoms with Gasteiger partial charge in [-0.3, -0.25) is 4.79 Å². The lowest BCUT2D eigenvalue weighted by Gasteiger charge is -2.18. The summed E-state index contributed by atoms with van der Waals surface area (Å²) < 4.78 is 35.0. The van der Waals surface area contributed by atoms with Crippen LogP contribution in [-0.4, -0.2) is 18.4 Å². The van der Waals surface area contributed by atoms with E-state index in [2.05, 4.69) is 38.1 Å². The van der Waals surface area contributed by atoms with Crippen molar-refractivity contribution >= 4 is 49.6 Å². The molecule has 0 atom stereocenters. The number of ether oxygens (including phenoxy) is 1. The van der Waals surface area contributed by atoms with E-state index < -0.39 is 16.0 Å². The largest absolute Gasteiger partial charge is 0.459 e. The number of nitrogens with zero attached hydrogens (tertiary/aromatic N) is 1. The summed E-state index contributed by atoms with van der Waals surface area (Å²) in [6.07, 6.45) is 0. The third kappa shape index (κ3) is 4.40. The number of fused-ring (bicyclic) bond motifs is 1. The predicted molar refractivity (Wildman–Crippen MR) is 145 cm³/mol. The third-order valence-electron chi connectivity index (χ3n) is 6.04. The second kappa shape index (κ2) is 9.69. The number of hydrogen-bond donors (Lipinski definition) is 0. The highest BCUT2D eigenvalue weighted by molar-refractivity contribution is 7.90. The van der Waals surface area contributed by atoms with Crippen molar-refractivity contribution in [2.45, 2.75) is 38.2 Å². The predicted octanol–water partition coefficient (Wildman–Crippen LogP) is 6.86. The quantitative estimate of drug-likeness (QED) is 0.214. The molecule has 2 aromatic carbocycles. The van der Waals surface area contributed by atoms with Crippen LogP contribution in [0.1, 0.15) is 43.6 Å². The fourth-order valence-electron chi connectivity index (χ4n) is 4.53. The highest BCUT2D eigenvalue weighted by atomic mass is 32.2. The molecule has 0 amide bonds. The zero-order valence-corrected chi connectivity index (χ0v) is 22.5. The monoisotopic (exact) mass is 535 g/mol. The molecule has 0 fully saturated rings. The first kappa shape index (κ1) is 24.5. The van der Waals surface area contributed by atoms with Crippen LogP contribution in [0.4, 0.5) is 0 Å². The Kier molecular flexibility index (Phi) is 6.59. The zero-order chi connectivity index (χ0) is 25.4. The molecule has 5 aromatic rings. The fraction of sp³-hybridized carbons (Fsp3) is 0.179. The highest BCUT2D eigenvalue weighted by Crippen LogP contribution is 2.45. The Morgan fingerprint density at radius 3 is 2.00 bits per heavy atom. The van der Waals surface area contributed by atoms with E-state index in [4.69, 9.17) is 4.74 Å². The van der Waals surface area contributed by atoms with Crippen molar-refractivity contribution in [2.75, 3.05) is 0 Å². The van der Waals surface area contributed by atoms with E-state index in [0.29, 0.717) is 11.2 Å². The van der Waals surface area contributed by atoms with E-state index in [-0.39, 0.29) is 17.4 Å². The molecule has 5 nitrogen and oxygen atoms in total. The molecule has 0 N–H and O–H groups in total. The summed E-state index contributed by atoms with van der Waals surface area (Å²) in [5, 5.41) is 0.821. The molecule has 3 heterocycles. The fourth-order valence-corrected chi connectivity index (χ4v) is 8.19. The first-order valence-electron chi connectivity index (χ1n) is 11.5. The number of aryl methyl sites for hydroxylation is 2. The van der Waals surface area contributed by atoms with Crippen molar-refractivity contribution in [1.82, 2.24) is 3.97 Å². The van der Waals surface area contributed by atoms with Crippen molar-refractivity contribution < 1.29 is 17.9 Å². The maximum Gasteiger partial charge on any atom is 0.303 e. The average molecular weight is 536 g/mol. The van der Waals surface area contributed by atoms with Crippen molar-refractivity contribution in [3.8, 4) is 0 Å². The standard InChI is InChI=1S/C28H25NO4S3/c1-18-13-15-25(34-18)28(26-16-14-19(2)35-26)27-22-11-7-8-12-23(22)29(24(27)17-33-20(3)30)36(31,32)21-9-5-4-6-10-21/h4-16,28H,17H2,1-3H3. The molecule has 0 unspecified atom stereocenters. The average Bonchev–Trinajstić information content (AvgIpc) is 3.57. The number of para-hydroxylation sites is 1. The van der Waals surface area contributed by atoms with Gasteiger partial charge in [0, 0.05) is 31.8 Å². The van der Waals surface area contributed by atoms with Gasteiger partial charge < -0.3 is 4.74 Å².